The quantitative estimate of drug-likeness (QED) is 0.765. The number of nitrogens with zero attached hydrogens (tertiary/aromatic N) is 1. The average Bonchev–Trinajstić information content (AvgIpc) is 2.66. The summed E-state index contributed by atoms with van der Waals surface area (Å²) in [5.74, 6) is 1.09. The van der Waals surface area contributed by atoms with Crippen LogP contribution in [0.25, 0.3) is 0 Å². The number of benzene rings is 1. The van der Waals surface area contributed by atoms with Gasteiger partial charge in [-0.2, -0.15) is 0 Å². The van der Waals surface area contributed by atoms with Gasteiger partial charge in [-0.1, -0.05) is 43.6 Å². The predicted octanol–water partition coefficient (Wildman–Crippen LogP) is 3.84. The van der Waals surface area contributed by atoms with E-state index in [1.54, 1.807) is 11.8 Å². The Hall–Kier alpha value is -0.330. The van der Waals surface area contributed by atoms with Crippen LogP contribution in [0.2, 0.25) is 0 Å². The van der Waals surface area contributed by atoms with Gasteiger partial charge in [-0.3, -0.25) is 9.59 Å². The highest BCUT2D eigenvalue weighted by Gasteiger charge is 2.30. The molecule has 1 unspecified atom stereocenters. The highest BCUT2D eigenvalue weighted by molar-refractivity contribution is 9.11. The Morgan fingerprint density at radius 3 is 2.58 bits per heavy atom. The molecule has 0 saturated carbocycles. The van der Waals surface area contributed by atoms with Gasteiger partial charge >= 0.3 is 0 Å². The molecule has 3 nitrogen and oxygen atoms in total. The molecule has 0 aliphatic carbocycles. The highest BCUT2D eigenvalue weighted by Crippen LogP contribution is 2.31. The van der Waals surface area contributed by atoms with Gasteiger partial charge in [0.25, 0.3) is 0 Å². The molecule has 2 rings (SSSR count). The second-order valence-corrected chi connectivity index (χ2v) is 7.53. The summed E-state index contributed by atoms with van der Waals surface area (Å²) in [6.45, 7) is 2.24. The minimum atomic E-state index is 0.107. The molecule has 1 aromatic rings. The van der Waals surface area contributed by atoms with Crippen molar-refractivity contribution in [2.24, 2.45) is 5.92 Å². The van der Waals surface area contributed by atoms with Crippen LogP contribution in [-0.2, 0) is 9.59 Å². The molecule has 1 aliphatic rings. The molecular formula is C13H13Br2NO2S. The van der Waals surface area contributed by atoms with Crippen molar-refractivity contribution >= 4 is 60.3 Å². The molecule has 1 fully saturated rings. The van der Waals surface area contributed by atoms with E-state index in [-0.39, 0.29) is 16.9 Å². The molecule has 102 valence electrons. The van der Waals surface area contributed by atoms with Gasteiger partial charge in [-0.25, -0.2) is 0 Å². The normalized spacial score (nSPS) is 19.0. The maximum Gasteiger partial charge on any atom is 0.227 e. The molecule has 0 bridgehead atoms. The lowest BCUT2D eigenvalue weighted by atomic mass is 10.1. The van der Waals surface area contributed by atoms with Crippen LogP contribution in [0.5, 0.6) is 0 Å². The number of halogens is 2. The van der Waals surface area contributed by atoms with E-state index >= 15 is 0 Å². The molecule has 0 radical (unpaired) electrons. The molecule has 1 saturated heterocycles. The van der Waals surface area contributed by atoms with Crippen molar-refractivity contribution in [3.05, 3.63) is 27.1 Å². The number of thioether (sulfide) groups is 1. The van der Waals surface area contributed by atoms with Gasteiger partial charge in [0.2, 0.25) is 5.91 Å². The van der Waals surface area contributed by atoms with Crippen molar-refractivity contribution in [1.29, 1.82) is 0 Å². The van der Waals surface area contributed by atoms with E-state index < -0.39 is 0 Å². The molecule has 1 aliphatic heterocycles. The third-order valence-corrected chi connectivity index (χ3v) is 4.85. The monoisotopic (exact) mass is 405 g/mol. The van der Waals surface area contributed by atoms with Crippen molar-refractivity contribution in [1.82, 2.24) is 0 Å². The smallest absolute Gasteiger partial charge is 0.227 e. The lowest BCUT2D eigenvalue weighted by Crippen LogP contribution is -2.24. The number of carbonyl (C=O) groups excluding carboxylic acids is 2. The van der Waals surface area contributed by atoms with Gasteiger partial charge in [0.05, 0.1) is 0 Å². The maximum atomic E-state index is 12.1. The molecule has 19 heavy (non-hydrogen) atoms. The zero-order valence-electron chi connectivity index (χ0n) is 10.4. The molecule has 0 aromatic heterocycles. The highest BCUT2D eigenvalue weighted by atomic mass is 79.9. The van der Waals surface area contributed by atoms with Crippen LogP contribution in [0.3, 0.4) is 0 Å². The molecular weight excluding hydrogens is 394 g/mol. The minimum Gasteiger partial charge on any atom is -0.312 e. The van der Waals surface area contributed by atoms with Crippen LogP contribution < -0.4 is 4.90 Å². The summed E-state index contributed by atoms with van der Waals surface area (Å²) in [4.78, 5) is 24.8. The third kappa shape index (κ3) is 4.07. The van der Waals surface area contributed by atoms with Gasteiger partial charge in [0.15, 0.2) is 5.12 Å². The van der Waals surface area contributed by atoms with Crippen LogP contribution in [0.1, 0.15) is 13.3 Å². The number of hydrogen-bond donors (Lipinski definition) is 0. The first-order chi connectivity index (χ1) is 8.95. The largest absolute Gasteiger partial charge is 0.312 e. The fraction of sp³-hybridized carbons (Fsp3) is 0.385. The fourth-order valence-electron chi connectivity index (χ4n) is 2.07. The zero-order chi connectivity index (χ0) is 14.0. The van der Waals surface area contributed by atoms with E-state index in [1.165, 1.54) is 11.8 Å². The Morgan fingerprint density at radius 1 is 1.37 bits per heavy atom. The van der Waals surface area contributed by atoms with Crippen molar-refractivity contribution in [3.8, 4) is 0 Å². The minimum absolute atomic E-state index is 0.107. The summed E-state index contributed by atoms with van der Waals surface area (Å²) < 4.78 is 1.87. The molecule has 1 atom stereocenters. The Balaban J connectivity index is 2.09. The van der Waals surface area contributed by atoms with Crippen molar-refractivity contribution in [2.45, 2.75) is 13.3 Å². The van der Waals surface area contributed by atoms with Crippen LogP contribution in [0.15, 0.2) is 27.1 Å². The standard InChI is InChI=1S/C13H13Br2NO2S/c1-8(17)19-7-9-2-13(18)16(6-9)12-4-10(14)3-11(15)5-12/h3-5,9H,2,6-7H2,1H3. The Bertz CT molecular complexity index is 501. The molecule has 0 N–H and O–H groups in total. The van der Waals surface area contributed by atoms with Gasteiger partial charge in [0.1, 0.15) is 0 Å². The first-order valence-electron chi connectivity index (χ1n) is 5.85. The summed E-state index contributed by atoms with van der Waals surface area (Å²) in [6.07, 6.45) is 0.518. The van der Waals surface area contributed by atoms with E-state index in [0.29, 0.717) is 18.7 Å². The second-order valence-electron chi connectivity index (χ2n) is 4.50. The van der Waals surface area contributed by atoms with Gasteiger partial charge < -0.3 is 4.90 Å². The molecule has 6 heteroatoms. The van der Waals surface area contributed by atoms with E-state index in [1.807, 2.05) is 18.2 Å². The Labute approximate surface area is 133 Å². The SMILES string of the molecule is CC(=O)SCC1CC(=O)N(c2cc(Br)cc(Br)c2)C1. The first-order valence-corrected chi connectivity index (χ1v) is 8.42. The van der Waals surface area contributed by atoms with Gasteiger partial charge in [-0.05, 0) is 24.1 Å². The number of rotatable bonds is 3. The lowest BCUT2D eigenvalue weighted by molar-refractivity contribution is -0.117. The fourth-order valence-corrected chi connectivity index (χ4v) is 4.04. The summed E-state index contributed by atoms with van der Waals surface area (Å²) >= 11 is 8.15. The molecule has 1 heterocycles. The van der Waals surface area contributed by atoms with Crippen molar-refractivity contribution in [3.63, 3.8) is 0 Å². The average molecular weight is 407 g/mol. The van der Waals surface area contributed by atoms with Crippen molar-refractivity contribution in [2.75, 3.05) is 17.2 Å². The van der Waals surface area contributed by atoms with E-state index in [9.17, 15) is 9.59 Å². The number of amides is 1. The number of anilines is 1. The Morgan fingerprint density at radius 2 is 2.00 bits per heavy atom. The van der Waals surface area contributed by atoms with E-state index in [0.717, 1.165) is 14.6 Å². The van der Waals surface area contributed by atoms with Crippen LogP contribution >= 0.6 is 43.6 Å². The maximum absolute atomic E-state index is 12.1. The van der Waals surface area contributed by atoms with Crippen LogP contribution in [-0.4, -0.2) is 23.3 Å². The van der Waals surface area contributed by atoms with Gasteiger partial charge in [0, 0.05) is 40.3 Å². The lowest BCUT2D eigenvalue weighted by Gasteiger charge is -2.17. The molecule has 0 spiro atoms. The predicted molar refractivity (Wildman–Crippen MR) is 85.4 cm³/mol. The number of hydrogen-bond acceptors (Lipinski definition) is 3. The topological polar surface area (TPSA) is 37.4 Å². The summed E-state index contributed by atoms with van der Waals surface area (Å²) in [7, 11) is 0. The van der Waals surface area contributed by atoms with Gasteiger partial charge in [-0.15, -0.1) is 0 Å². The summed E-state index contributed by atoms with van der Waals surface area (Å²) in [5.41, 5.74) is 0.890. The van der Waals surface area contributed by atoms with Crippen LogP contribution in [0.4, 0.5) is 5.69 Å². The first kappa shape index (κ1) is 15.1. The van der Waals surface area contributed by atoms with E-state index in [4.69, 9.17) is 0 Å². The molecule has 1 aromatic carbocycles. The third-order valence-electron chi connectivity index (χ3n) is 2.89. The van der Waals surface area contributed by atoms with Crippen molar-refractivity contribution < 1.29 is 9.59 Å². The summed E-state index contributed by atoms with van der Waals surface area (Å²) in [5, 5.41) is 0.107. The number of carbonyl (C=O) groups is 2. The summed E-state index contributed by atoms with van der Waals surface area (Å²) in [6, 6.07) is 5.81. The Kier molecular flexibility index (Phi) is 5.09. The second kappa shape index (κ2) is 6.41. The molecule has 1 amide bonds. The van der Waals surface area contributed by atoms with Crippen LogP contribution in [0, 0.1) is 5.92 Å². The van der Waals surface area contributed by atoms with E-state index in [2.05, 4.69) is 31.9 Å². The zero-order valence-corrected chi connectivity index (χ0v) is 14.3.